The molecule has 0 atom stereocenters. The number of nitrogens with one attached hydrogen (secondary N) is 1. The fraction of sp³-hybridized carbons (Fsp3) is 0.154. The number of aromatic amines is 1. The quantitative estimate of drug-likeness (QED) is 0.553. The minimum atomic E-state index is 0.710. The van der Waals surface area contributed by atoms with Crippen LogP contribution >= 0.6 is 11.8 Å². The lowest BCUT2D eigenvalue weighted by atomic mass is 10.2. The molecule has 2 heterocycles. The van der Waals surface area contributed by atoms with Crippen LogP contribution in [0.4, 0.5) is 5.69 Å². The molecule has 3 N–H and O–H groups in total. The standard InChI is InChI=1S/C13H13N5S/c1-7-3-8(2)17-13(16-7)19-12-5-11-9(4-10(12)14)6-15-18-11/h3-6H,14H2,1-2H3,(H,15,18). The number of rotatable bonds is 2. The summed E-state index contributed by atoms with van der Waals surface area (Å²) in [6.45, 7) is 3.92. The summed E-state index contributed by atoms with van der Waals surface area (Å²) in [4.78, 5) is 9.75. The minimum absolute atomic E-state index is 0.710. The summed E-state index contributed by atoms with van der Waals surface area (Å²) in [5.41, 5.74) is 9.63. The molecule has 0 unspecified atom stereocenters. The number of aryl methyl sites for hydroxylation is 2. The molecule has 1 aromatic carbocycles. The highest BCUT2D eigenvalue weighted by Crippen LogP contribution is 2.32. The molecule has 0 amide bonds. The Labute approximate surface area is 114 Å². The van der Waals surface area contributed by atoms with E-state index in [0.29, 0.717) is 10.8 Å². The lowest BCUT2D eigenvalue weighted by Gasteiger charge is -2.06. The summed E-state index contributed by atoms with van der Waals surface area (Å²) in [5.74, 6) is 0. The van der Waals surface area contributed by atoms with Gasteiger partial charge in [0, 0.05) is 27.4 Å². The van der Waals surface area contributed by atoms with E-state index in [-0.39, 0.29) is 0 Å². The smallest absolute Gasteiger partial charge is 0.192 e. The summed E-state index contributed by atoms with van der Waals surface area (Å²) in [6.07, 6.45) is 1.76. The van der Waals surface area contributed by atoms with Crippen LogP contribution in [0.2, 0.25) is 0 Å². The maximum absolute atomic E-state index is 6.05. The number of anilines is 1. The van der Waals surface area contributed by atoms with Crippen molar-refractivity contribution in [3.8, 4) is 0 Å². The Kier molecular flexibility index (Phi) is 2.87. The van der Waals surface area contributed by atoms with Crippen LogP contribution in [-0.2, 0) is 0 Å². The number of nitrogen functional groups attached to an aromatic ring is 1. The van der Waals surface area contributed by atoms with Crippen LogP contribution in [0.25, 0.3) is 10.9 Å². The molecule has 5 nitrogen and oxygen atoms in total. The third kappa shape index (κ3) is 2.39. The van der Waals surface area contributed by atoms with Crippen molar-refractivity contribution in [3.05, 3.63) is 35.8 Å². The molecule has 0 aliphatic rings. The van der Waals surface area contributed by atoms with Gasteiger partial charge in [-0.25, -0.2) is 9.97 Å². The van der Waals surface area contributed by atoms with Crippen LogP contribution in [-0.4, -0.2) is 20.2 Å². The Bertz CT molecular complexity index is 730. The van der Waals surface area contributed by atoms with E-state index in [4.69, 9.17) is 5.73 Å². The summed E-state index contributed by atoms with van der Waals surface area (Å²) >= 11 is 1.47. The highest BCUT2D eigenvalue weighted by atomic mass is 32.2. The van der Waals surface area contributed by atoms with Crippen molar-refractivity contribution >= 4 is 28.4 Å². The van der Waals surface area contributed by atoms with Gasteiger partial charge in [-0.2, -0.15) is 5.10 Å². The molecule has 0 saturated carbocycles. The molecule has 0 spiro atoms. The zero-order chi connectivity index (χ0) is 13.4. The van der Waals surface area contributed by atoms with Crippen molar-refractivity contribution in [3.63, 3.8) is 0 Å². The first kappa shape index (κ1) is 12.0. The zero-order valence-electron chi connectivity index (χ0n) is 10.6. The number of fused-ring (bicyclic) bond motifs is 1. The van der Waals surface area contributed by atoms with Gasteiger partial charge in [-0.3, -0.25) is 5.10 Å². The summed E-state index contributed by atoms with van der Waals surface area (Å²) < 4.78 is 0. The van der Waals surface area contributed by atoms with E-state index >= 15 is 0 Å². The second-order valence-corrected chi connectivity index (χ2v) is 5.39. The maximum atomic E-state index is 6.05. The van der Waals surface area contributed by atoms with E-state index in [9.17, 15) is 0 Å². The summed E-state index contributed by atoms with van der Waals surface area (Å²) in [7, 11) is 0. The highest BCUT2D eigenvalue weighted by molar-refractivity contribution is 7.99. The van der Waals surface area contributed by atoms with Crippen LogP contribution in [0.3, 0.4) is 0 Å². The number of hydrogen-bond acceptors (Lipinski definition) is 5. The molecular weight excluding hydrogens is 258 g/mol. The number of nitrogens with zero attached hydrogens (tertiary/aromatic N) is 3. The van der Waals surface area contributed by atoms with E-state index in [0.717, 1.165) is 27.2 Å². The number of hydrogen-bond donors (Lipinski definition) is 2. The van der Waals surface area contributed by atoms with Gasteiger partial charge >= 0.3 is 0 Å². The molecule has 0 aliphatic heterocycles. The number of benzene rings is 1. The fourth-order valence-electron chi connectivity index (χ4n) is 1.92. The lowest BCUT2D eigenvalue weighted by Crippen LogP contribution is -1.94. The van der Waals surface area contributed by atoms with Gasteiger partial charge < -0.3 is 5.73 Å². The van der Waals surface area contributed by atoms with Crippen LogP contribution in [0.5, 0.6) is 0 Å². The minimum Gasteiger partial charge on any atom is -0.398 e. The van der Waals surface area contributed by atoms with Crippen LogP contribution in [0.15, 0.2) is 34.4 Å². The molecule has 96 valence electrons. The van der Waals surface area contributed by atoms with Gasteiger partial charge in [-0.15, -0.1) is 0 Å². The van der Waals surface area contributed by atoms with Gasteiger partial charge in [-0.05, 0) is 43.8 Å². The van der Waals surface area contributed by atoms with E-state index in [1.807, 2.05) is 32.0 Å². The van der Waals surface area contributed by atoms with Gasteiger partial charge in [-0.1, -0.05) is 0 Å². The Hall–Kier alpha value is -2.08. The molecule has 0 bridgehead atoms. The van der Waals surface area contributed by atoms with Crippen molar-refractivity contribution in [1.29, 1.82) is 0 Å². The number of nitrogens with two attached hydrogens (primary N) is 1. The molecular formula is C13H13N5S. The first-order chi connectivity index (χ1) is 9.11. The largest absolute Gasteiger partial charge is 0.398 e. The first-order valence-electron chi connectivity index (χ1n) is 5.84. The first-order valence-corrected chi connectivity index (χ1v) is 6.66. The Morgan fingerprint density at radius 1 is 1.11 bits per heavy atom. The SMILES string of the molecule is Cc1cc(C)nc(Sc2cc3[nH]ncc3cc2N)n1. The van der Waals surface area contributed by atoms with Crippen LogP contribution in [0.1, 0.15) is 11.4 Å². The Morgan fingerprint density at radius 3 is 2.58 bits per heavy atom. The van der Waals surface area contributed by atoms with Crippen molar-refractivity contribution in [1.82, 2.24) is 20.2 Å². The van der Waals surface area contributed by atoms with Gasteiger partial charge in [0.25, 0.3) is 0 Å². The number of aromatic nitrogens is 4. The monoisotopic (exact) mass is 271 g/mol. The van der Waals surface area contributed by atoms with Crippen molar-refractivity contribution in [2.24, 2.45) is 0 Å². The van der Waals surface area contributed by atoms with Gasteiger partial charge in [0.1, 0.15) is 0 Å². The normalized spacial score (nSPS) is 11.1. The Balaban J connectivity index is 2.02. The molecule has 2 aromatic heterocycles. The molecule has 0 aliphatic carbocycles. The van der Waals surface area contributed by atoms with Crippen molar-refractivity contribution < 1.29 is 0 Å². The van der Waals surface area contributed by atoms with E-state index in [1.54, 1.807) is 6.20 Å². The van der Waals surface area contributed by atoms with Crippen molar-refractivity contribution in [2.75, 3.05) is 5.73 Å². The topological polar surface area (TPSA) is 80.5 Å². The predicted molar refractivity (Wildman–Crippen MR) is 76.1 cm³/mol. The molecule has 0 radical (unpaired) electrons. The summed E-state index contributed by atoms with van der Waals surface area (Å²) in [6, 6.07) is 5.83. The fourth-order valence-corrected chi connectivity index (χ4v) is 2.84. The van der Waals surface area contributed by atoms with Gasteiger partial charge in [0.15, 0.2) is 5.16 Å². The van der Waals surface area contributed by atoms with E-state index in [2.05, 4.69) is 20.2 Å². The van der Waals surface area contributed by atoms with Crippen LogP contribution in [0, 0.1) is 13.8 Å². The van der Waals surface area contributed by atoms with Gasteiger partial charge in [0.05, 0.1) is 11.7 Å². The maximum Gasteiger partial charge on any atom is 0.192 e. The van der Waals surface area contributed by atoms with Crippen LogP contribution < -0.4 is 5.73 Å². The average molecular weight is 271 g/mol. The van der Waals surface area contributed by atoms with Crippen molar-refractivity contribution in [2.45, 2.75) is 23.9 Å². The molecule has 3 aromatic rings. The molecule has 0 fully saturated rings. The zero-order valence-corrected chi connectivity index (χ0v) is 11.5. The molecule has 0 saturated heterocycles. The predicted octanol–water partition coefficient (Wildman–Crippen LogP) is 2.70. The van der Waals surface area contributed by atoms with E-state index in [1.165, 1.54) is 11.8 Å². The second kappa shape index (κ2) is 4.55. The number of H-pyrrole nitrogens is 1. The molecule has 3 rings (SSSR count). The molecule has 6 heteroatoms. The van der Waals surface area contributed by atoms with E-state index < -0.39 is 0 Å². The van der Waals surface area contributed by atoms with Gasteiger partial charge in [0.2, 0.25) is 0 Å². The molecule has 19 heavy (non-hydrogen) atoms. The lowest BCUT2D eigenvalue weighted by molar-refractivity contribution is 0.902. The highest BCUT2D eigenvalue weighted by Gasteiger charge is 2.08. The third-order valence-corrected chi connectivity index (χ3v) is 3.67. The second-order valence-electron chi connectivity index (χ2n) is 4.38. The average Bonchev–Trinajstić information content (AvgIpc) is 2.75. The Morgan fingerprint density at radius 2 is 1.84 bits per heavy atom. The third-order valence-electron chi connectivity index (χ3n) is 2.73. The summed E-state index contributed by atoms with van der Waals surface area (Å²) in [5, 5.41) is 8.65.